The number of fused-ring (bicyclic) bond motifs is 2. The van der Waals surface area contributed by atoms with E-state index in [1.54, 1.807) is 91.0 Å². The molecule has 0 saturated heterocycles. The molecule has 0 bridgehead atoms. The molecule has 0 radical (unpaired) electrons. The smallest absolute Gasteiger partial charge is 0.395 e. The Hall–Kier alpha value is -4.55. The maximum Gasteiger partial charge on any atom is 0.519 e. The van der Waals surface area contributed by atoms with Gasteiger partial charge in [-0.25, -0.2) is 9.59 Å². The summed E-state index contributed by atoms with van der Waals surface area (Å²) >= 11 is 6.27. The molecule has 0 amide bonds. The number of carbonyl (C=O) groups is 2. The summed E-state index contributed by atoms with van der Waals surface area (Å²) in [5.74, 6) is 1.16. The van der Waals surface area contributed by atoms with Crippen molar-refractivity contribution in [1.29, 1.82) is 0 Å². The van der Waals surface area contributed by atoms with Crippen LogP contribution in [-0.4, -0.2) is 12.3 Å². The van der Waals surface area contributed by atoms with Gasteiger partial charge in [0.1, 0.15) is 17.2 Å². The predicted octanol–water partition coefficient (Wildman–Crippen LogP) is 7.80. The summed E-state index contributed by atoms with van der Waals surface area (Å²) < 4.78 is 21.9. The van der Waals surface area contributed by atoms with Crippen molar-refractivity contribution < 1.29 is 28.5 Å². The molecule has 0 heterocycles. The molecule has 5 aromatic rings. The van der Waals surface area contributed by atoms with Gasteiger partial charge in [0, 0.05) is 26.6 Å². The average molecular weight is 485 g/mol. The summed E-state index contributed by atoms with van der Waals surface area (Å²) in [4.78, 5) is 25.3. The summed E-state index contributed by atoms with van der Waals surface area (Å²) in [6, 6.07) is 29.2. The first-order chi connectivity index (χ1) is 17.1. The SMILES string of the molecule is O=C(Oc1ccccc1)Oc1c2ccccc2c(OC(=O)Oc2ccccc2)c2cc(Cl)ccc12. The topological polar surface area (TPSA) is 71.1 Å². The van der Waals surface area contributed by atoms with Crippen molar-refractivity contribution in [3.8, 4) is 23.0 Å². The summed E-state index contributed by atoms with van der Waals surface area (Å²) in [5.41, 5.74) is 0. The van der Waals surface area contributed by atoms with Crippen LogP contribution in [0.2, 0.25) is 5.02 Å². The van der Waals surface area contributed by atoms with E-state index in [0.717, 1.165) is 0 Å². The number of halogens is 1. The fourth-order valence-electron chi connectivity index (χ4n) is 3.67. The van der Waals surface area contributed by atoms with E-state index >= 15 is 0 Å². The van der Waals surface area contributed by atoms with Gasteiger partial charge in [0.15, 0.2) is 5.75 Å². The standard InChI is InChI=1S/C28H17ClO6/c29-18-15-16-23-24(17-18)26(35-28(31)33-20-11-5-2-6-12-20)22-14-8-7-13-21(22)25(23)34-27(30)32-19-9-3-1-4-10-19/h1-17H. The largest absolute Gasteiger partial charge is 0.519 e. The molecular weight excluding hydrogens is 468 g/mol. The normalized spacial score (nSPS) is 10.7. The van der Waals surface area contributed by atoms with E-state index in [9.17, 15) is 9.59 Å². The molecule has 172 valence electrons. The molecule has 0 aliphatic rings. The van der Waals surface area contributed by atoms with Gasteiger partial charge >= 0.3 is 12.3 Å². The first-order valence-corrected chi connectivity index (χ1v) is 11.0. The van der Waals surface area contributed by atoms with E-state index < -0.39 is 12.3 Å². The zero-order valence-electron chi connectivity index (χ0n) is 18.1. The summed E-state index contributed by atoms with van der Waals surface area (Å²) in [6.07, 6.45) is -1.82. The zero-order valence-corrected chi connectivity index (χ0v) is 18.9. The molecule has 0 aliphatic heterocycles. The zero-order chi connectivity index (χ0) is 24.2. The first kappa shape index (κ1) is 22.3. The molecule has 0 unspecified atom stereocenters. The van der Waals surface area contributed by atoms with Crippen LogP contribution in [0, 0.1) is 0 Å². The Labute approximate surface area is 205 Å². The lowest BCUT2D eigenvalue weighted by atomic mass is 10.0. The summed E-state index contributed by atoms with van der Waals surface area (Å²) in [7, 11) is 0. The summed E-state index contributed by atoms with van der Waals surface area (Å²) in [6.45, 7) is 0. The second kappa shape index (κ2) is 9.75. The third-order valence-electron chi connectivity index (χ3n) is 5.15. The minimum atomic E-state index is -0.917. The third kappa shape index (κ3) is 4.88. The van der Waals surface area contributed by atoms with E-state index in [0.29, 0.717) is 38.1 Å². The van der Waals surface area contributed by atoms with Crippen molar-refractivity contribution in [3.05, 3.63) is 108 Å². The Morgan fingerprint density at radius 1 is 0.486 bits per heavy atom. The molecule has 35 heavy (non-hydrogen) atoms. The van der Waals surface area contributed by atoms with Gasteiger partial charge in [-0.1, -0.05) is 72.3 Å². The average Bonchev–Trinajstić information content (AvgIpc) is 2.87. The number of ether oxygens (including phenoxy) is 4. The number of carbonyl (C=O) groups excluding carboxylic acids is 2. The van der Waals surface area contributed by atoms with Gasteiger partial charge < -0.3 is 18.9 Å². The van der Waals surface area contributed by atoms with E-state index in [1.807, 2.05) is 12.1 Å². The number of benzene rings is 5. The maximum atomic E-state index is 12.6. The van der Waals surface area contributed by atoms with Crippen LogP contribution in [0.3, 0.4) is 0 Å². The molecular formula is C28H17ClO6. The highest BCUT2D eigenvalue weighted by Crippen LogP contribution is 2.44. The molecule has 0 saturated carbocycles. The Kier molecular flexibility index (Phi) is 6.20. The molecule has 5 aromatic carbocycles. The number of hydrogen-bond acceptors (Lipinski definition) is 6. The van der Waals surface area contributed by atoms with E-state index in [4.69, 9.17) is 30.5 Å². The van der Waals surface area contributed by atoms with Crippen molar-refractivity contribution in [1.82, 2.24) is 0 Å². The van der Waals surface area contributed by atoms with Crippen LogP contribution in [-0.2, 0) is 0 Å². The number of rotatable bonds is 4. The van der Waals surface area contributed by atoms with E-state index in [-0.39, 0.29) is 11.5 Å². The number of para-hydroxylation sites is 2. The van der Waals surface area contributed by atoms with E-state index in [2.05, 4.69) is 0 Å². The predicted molar refractivity (Wildman–Crippen MR) is 133 cm³/mol. The quantitative estimate of drug-likeness (QED) is 0.147. The lowest BCUT2D eigenvalue weighted by Crippen LogP contribution is -2.16. The maximum absolute atomic E-state index is 12.6. The minimum absolute atomic E-state index is 0.225. The number of hydrogen-bond donors (Lipinski definition) is 0. The van der Waals surface area contributed by atoms with Crippen molar-refractivity contribution in [2.24, 2.45) is 0 Å². The highest BCUT2D eigenvalue weighted by molar-refractivity contribution is 6.31. The second-order valence-corrected chi connectivity index (χ2v) is 7.86. The first-order valence-electron chi connectivity index (χ1n) is 10.6. The molecule has 0 N–H and O–H groups in total. The molecule has 0 atom stereocenters. The van der Waals surface area contributed by atoms with Crippen LogP contribution in [0.25, 0.3) is 21.5 Å². The molecule has 0 fully saturated rings. The van der Waals surface area contributed by atoms with Gasteiger partial charge in [0.05, 0.1) is 0 Å². The van der Waals surface area contributed by atoms with Gasteiger partial charge in [0.2, 0.25) is 0 Å². The molecule has 0 aliphatic carbocycles. The molecule has 6 nitrogen and oxygen atoms in total. The fraction of sp³-hybridized carbons (Fsp3) is 0. The van der Waals surface area contributed by atoms with Gasteiger partial charge in [0.25, 0.3) is 0 Å². The van der Waals surface area contributed by atoms with Crippen LogP contribution < -0.4 is 18.9 Å². The summed E-state index contributed by atoms with van der Waals surface area (Å²) in [5, 5.41) is 2.43. The van der Waals surface area contributed by atoms with Crippen molar-refractivity contribution in [2.45, 2.75) is 0 Å². The second-order valence-electron chi connectivity index (χ2n) is 7.43. The Morgan fingerprint density at radius 2 is 0.914 bits per heavy atom. The van der Waals surface area contributed by atoms with Gasteiger partial charge in [-0.15, -0.1) is 0 Å². The Morgan fingerprint density at radius 3 is 1.43 bits per heavy atom. The monoisotopic (exact) mass is 484 g/mol. The lowest BCUT2D eigenvalue weighted by Gasteiger charge is -2.16. The van der Waals surface area contributed by atoms with Crippen molar-refractivity contribution in [2.75, 3.05) is 0 Å². The molecule has 7 heteroatoms. The van der Waals surface area contributed by atoms with Crippen LogP contribution in [0.1, 0.15) is 0 Å². The Balaban J connectivity index is 1.57. The molecule has 5 rings (SSSR count). The van der Waals surface area contributed by atoms with Crippen LogP contribution in [0.4, 0.5) is 9.59 Å². The van der Waals surface area contributed by atoms with Crippen LogP contribution in [0.5, 0.6) is 23.0 Å². The highest BCUT2D eigenvalue weighted by atomic mass is 35.5. The fourth-order valence-corrected chi connectivity index (χ4v) is 3.84. The van der Waals surface area contributed by atoms with Gasteiger partial charge in [-0.05, 0) is 42.5 Å². The highest BCUT2D eigenvalue weighted by Gasteiger charge is 2.22. The molecule has 0 spiro atoms. The Bertz CT molecular complexity index is 1530. The third-order valence-corrected chi connectivity index (χ3v) is 5.38. The van der Waals surface area contributed by atoms with Gasteiger partial charge in [-0.3, -0.25) is 0 Å². The van der Waals surface area contributed by atoms with Crippen molar-refractivity contribution >= 4 is 45.5 Å². The van der Waals surface area contributed by atoms with Crippen LogP contribution >= 0.6 is 11.6 Å². The lowest BCUT2D eigenvalue weighted by molar-refractivity contribution is 0.151. The molecule has 0 aromatic heterocycles. The van der Waals surface area contributed by atoms with E-state index in [1.165, 1.54) is 0 Å². The van der Waals surface area contributed by atoms with Crippen LogP contribution in [0.15, 0.2) is 103 Å². The van der Waals surface area contributed by atoms with Gasteiger partial charge in [-0.2, -0.15) is 0 Å². The van der Waals surface area contributed by atoms with Crippen molar-refractivity contribution in [3.63, 3.8) is 0 Å². The minimum Gasteiger partial charge on any atom is -0.395 e.